The second-order valence-electron chi connectivity index (χ2n) is 5.92. The molecule has 0 aromatic carbocycles. The van der Waals surface area contributed by atoms with Crippen LogP contribution in [-0.2, 0) is 4.79 Å². The van der Waals surface area contributed by atoms with E-state index in [9.17, 15) is 4.79 Å². The molecule has 25 heavy (non-hydrogen) atoms. The Morgan fingerprint density at radius 2 is 2.24 bits per heavy atom. The van der Waals surface area contributed by atoms with Gasteiger partial charge < -0.3 is 10.3 Å². The molecule has 0 spiro atoms. The Balaban J connectivity index is 1.75. The second kappa shape index (κ2) is 5.21. The third kappa shape index (κ3) is 2.09. The normalized spacial score (nSPS) is 16.8. The largest absolute Gasteiger partial charge is 0.340 e. The lowest BCUT2D eigenvalue weighted by molar-refractivity contribution is -0.116. The molecule has 2 N–H and O–H groups in total. The van der Waals surface area contributed by atoms with Gasteiger partial charge in [-0.1, -0.05) is 0 Å². The van der Waals surface area contributed by atoms with Crippen LogP contribution in [0.5, 0.6) is 0 Å². The summed E-state index contributed by atoms with van der Waals surface area (Å²) in [7, 11) is 0. The Bertz CT molecular complexity index is 1100. The molecule has 0 radical (unpaired) electrons. The third-order valence-corrected chi connectivity index (χ3v) is 5.15. The van der Waals surface area contributed by atoms with Gasteiger partial charge in [-0.05, 0) is 29.3 Å². The Hall–Kier alpha value is -3.07. The quantitative estimate of drug-likeness (QED) is 0.577. The number of amides is 1. The van der Waals surface area contributed by atoms with Crippen LogP contribution in [0.3, 0.4) is 0 Å². The molecule has 0 aliphatic carbocycles. The average Bonchev–Trinajstić information content (AvgIpc) is 3.34. The highest BCUT2D eigenvalue weighted by Gasteiger charge is 2.33. The van der Waals surface area contributed by atoms with E-state index in [2.05, 4.69) is 41.8 Å². The number of aromatic amines is 1. The number of thiophene rings is 1. The van der Waals surface area contributed by atoms with Crippen LogP contribution >= 0.6 is 11.3 Å². The predicted octanol–water partition coefficient (Wildman–Crippen LogP) is 2.38. The fraction of sp³-hybridized carbons (Fsp3) is 0.188. The summed E-state index contributed by atoms with van der Waals surface area (Å²) in [4.78, 5) is 28.0. The number of fused-ring (bicyclic) bond motifs is 2. The van der Waals surface area contributed by atoms with Gasteiger partial charge in [0.25, 0.3) is 0 Å². The van der Waals surface area contributed by atoms with Gasteiger partial charge in [-0.25, -0.2) is 15.0 Å². The molecule has 124 valence electrons. The SMILES string of the molecule is Cc1nn(-c2ncnc3nc[nH]c23)c2c1[C@H](c1ccsc1)CC(=O)N2. The van der Waals surface area contributed by atoms with E-state index in [1.54, 1.807) is 22.3 Å². The molecule has 0 unspecified atom stereocenters. The van der Waals surface area contributed by atoms with Crippen LogP contribution in [0.4, 0.5) is 5.82 Å². The van der Waals surface area contributed by atoms with Crippen LogP contribution in [0.2, 0.25) is 0 Å². The highest BCUT2D eigenvalue weighted by Crippen LogP contribution is 2.40. The zero-order valence-corrected chi connectivity index (χ0v) is 14.0. The number of hydrogen-bond donors (Lipinski definition) is 2. The van der Waals surface area contributed by atoms with Crippen molar-refractivity contribution in [3.63, 3.8) is 0 Å². The minimum atomic E-state index is -0.0280. The molecule has 1 aliphatic rings. The van der Waals surface area contributed by atoms with Gasteiger partial charge in [0, 0.05) is 17.9 Å². The van der Waals surface area contributed by atoms with Gasteiger partial charge in [-0.2, -0.15) is 21.1 Å². The minimum Gasteiger partial charge on any atom is -0.340 e. The van der Waals surface area contributed by atoms with Crippen molar-refractivity contribution in [1.82, 2.24) is 29.7 Å². The monoisotopic (exact) mass is 351 g/mol. The van der Waals surface area contributed by atoms with E-state index in [1.807, 2.05) is 12.3 Å². The van der Waals surface area contributed by atoms with Gasteiger partial charge in [0.1, 0.15) is 17.7 Å². The Morgan fingerprint density at radius 1 is 1.32 bits per heavy atom. The number of carbonyl (C=O) groups excluding carboxylic acids is 1. The van der Waals surface area contributed by atoms with Crippen molar-refractivity contribution in [2.45, 2.75) is 19.3 Å². The lowest BCUT2D eigenvalue weighted by Gasteiger charge is -2.23. The number of hydrogen-bond acceptors (Lipinski definition) is 6. The van der Waals surface area contributed by atoms with Gasteiger partial charge >= 0.3 is 0 Å². The first-order valence-electron chi connectivity index (χ1n) is 7.78. The Labute approximate surface area is 146 Å². The van der Waals surface area contributed by atoms with E-state index in [0.717, 1.165) is 16.8 Å². The summed E-state index contributed by atoms with van der Waals surface area (Å²) in [5, 5.41) is 11.7. The summed E-state index contributed by atoms with van der Waals surface area (Å²) in [5.41, 5.74) is 4.28. The first-order valence-corrected chi connectivity index (χ1v) is 8.72. The number of H-pyrrole nitrogens is 1. The summed E-state index contributed by atoms with van der Waals surface area (Å²) >= 11 is 1.63. The number of aryl methyl sites for hydroxylation is 1. The van der Waals surface area contributed by atoms with Gasteiger partial charge in [-0.3, -0.25) is 4.79 Å². The van der Waals surface area contributed by atoms with Crippen molar-refractivity contribution < 1.29 is 4.79 Å². The Kier molecular flexibility index (Phi) is 2.98. The summed E-state index contributed by atoms with van der Waals surface area (Å²) in [6.45, 7) is 1.96. The van der Waals surface area contributed by atoms with Gasteiger partial charge in [0.2, 0.25) is 5.91 Å². The summed E-state index contributed by atoms with van der Waals surface area (Å²) < 4.78 is 1.67. The summed E-state index contributed by atoms with van der Waals surface area (Å²) in [5.74, 6) is 1.21. The number of nitrogens with one attached hydrogen (secondary N) is 2. The molecule has 5 rings (SSSR count). The minimum absolute atomic E-state index is 0.00263. The number of carbonyl (C=O) groups is 1. The molecule has 0 fully saturated rings. The molecule has 1 amide bonds. The molecule has 0 bridgehead atoms. The fourth-order valence-corrected chi connectivity index (χ4v) is 4.09. The van der Waals surface area contributed by atoms with Crippen molar-refractivity contribution in [2.24, 2.45) is 0 Å². The third-order valence-electron chi connectivity index (χ3n) is 4.45. The van der Waals surface area contributed by atoms with E-state index in [0.29, 0.717) is 29.2 Å². The first-order chi connectivity index (χ1) is 12.2. The van der Waals surface area contributed by atoms with Crippen LogP contribution < -0.4 is 5.32 Å². The number of anilines is 1. The average molecular weight is 351 g/mol. The van der Waals surface area contributed by atoms with Crippen molar-refractivity contribution in [3.05, 3.63) is 46.3 Å². The number of imidazole rings is 1. The molecule has 5 heterocycles. The zero-order valence-electron chi connectivity index (χ0n) is 13.2. The maximum atomic E-state index is 12.3. The molecular weight excluding hydrogens is 338 g/mol. The lowest BCUT2D eigenvalue weighted by Crippen LogP contribution is -2.25. The van der Waals surface area contributed by atoms with Crippen LogP contribution in [0.15, 0.2) is 29.5 Å². The van der Waals surface area contributed by atoms with Crippen molar-refractivity contribution in [2.75, 3.05) is 5.32 Å². The van der Waals surface area contributed by atoms with E-state index in [1.165, 1.54) is 6.33 Å². The highest BCUT2D eigenvalue weighted by molar-refractivity contribution is 7.08. The lowest BCUT2D eigenvalue weighted by atomic mass is 9.87. The second-order valence-corrected chi connectivity index (χ2v) is 6.70. The first kappa shape index (κ1) is 14.3. The molecular formula is C16H13N7OS. The van der Waals surface area contributed by atoms with Crippen LogP contribution in [0.25, 0.3) is 17.0 Å². The van der Waals surface area contributed by atoms with Crippen LogP contribution in [-0.4, -0.2) is 35.6 Å². The summed E-state index contributed by atoms with van der Waals surface area (Å²) in [6.07, 6.45) is 3.43. The fourth-order valence-electron chi connectivity index (χ4n) is 3.37. The van der Waals surface area contributed by atoms with Gasteiger partial charge in [-0.15, -0.1) is 0 Å². The van der Waals surface area contributed by atoms with E-state index < -0.39 is 0 Å². The standard InChI is InChI=1S/C16H13N7OS/c1-8-12-10(9-2-3-25-5-9)4-11(24)21-15(12)23(22-8)16-13-14(18-6-17-13)19-7-20-16/h2-3,5-7,10H,4H2,1H3,(H,21,24)(H,17,18,19,20)/t10-/m0/s1. The van der Waals surface area contributed by atoms with Crippen LogP contribution in [0, 0.1) is 6.92 Å². The number of rotatable bonds is 2. The van der Waals surface area contributed by atoms with E-state index >= 15 is 0 Å². The van der Waals surface area contributed by atoms with Gasteiger partial charge in [0.05, 0.1) is 12.0 Å². The smallest absolute Gasteiger partial charge is 0.226 e. The van der Waals surface area contributed by atoms with E-state index in [4.69, 9.17) is 0 Å². The molecule has 0 saturated carbocycles. The number of nitrogens with zero attached hydrogens (tertiary/aromatic N) is 5. The van der Waals surface area contributed by atoms with Gasteiger partial charge in [0.15, 0.2) is 11.5 Å². The summed E-state index contributed by atoms with van der Waals surface area (Å²) in [6, 6.07) is 2.06. The molecule has 1 aliphatic heterocycles. The molecule has 4 aromatic heterocycles. The molecule has 9 heteroatoms. The molecule has 0 saturated heterocycles. The van der Waals surface area contributed by atoms with E-state index in [-0.39, 0.29) is 11.8 Å². The number of aromatic nitrogens is 6. The predicted molar refractivity (Wildman–Crippen MR) is 93.0 cm³/mol. The van der Waals surface area contributed by atoms with Crippen molar-refractivity contribution in [3.8, 4) is 5.82 Å². The molecule has 1 atom stereocenters. The molecule has 4 aromatic rings. The molecule has 8 nitrogen and oxygen atoms in total. The zero-order chi connectivity index (χ0) is 17.0. The van der Waals surface area contributed by atoms with Crippen LogP contribution in [0.1, 0.15) is 29.2 Å². The maximum Gasteiger partial charge on any atom is 0.226 e. The Morgan fingerprint density at radius 3 is 3.08 bits per heavy atom. The van der Waals surface area contributed by atoms with Crippen molar-refractivity contribution >= 4 is 34.2 Å². The maximum absolute atomic E-state index is 12.3. The topological polar surface area (TPSA) is 101 Å². The highest BCUT2D eigenvalue weighted by atomic mass is 32.1. The van der Waals surface area contributed by atoms with Crippen molar-refractivity contribution in [1.29, 1.82) is 0 Å².